The predicted molar refractivity (Wildman–Crippen MR) is 67.6 cm³/mol. The van der Waals surface area contributed by atoms with E-state index in [1.807, 2.05) is 6.07 Å². The molecule has 0 saturated carbocycles. The first-order valence-corrected chi connectivity index (χ1v) is 5.05. The Morgan fingerprint density at radius 3 is 3.00 bits per heavy atom. The van der Waals surface area contributed by atoms with Crippen LogP contribution in [0.5, 0.6) is 0 Å². The van der Waals surface area contributed by atoms with Crippen LogP contribution in [0.1, 0.15) is 0 Å². The lowest BCUT2D eigenvalue weighted by Gasteiger charge is -2.07. The molecule has 0 aromatic carbocycles. The van der Waals surface area contributed by atoms with Crippen LogP contribution in [-0.2, 0) is 11.3 Å². The van der Waals surface area contributed by atoms with Gasteiger partial charge < -0.3 is 15.4 Å². The van der Waals surface area contributed by atoms with Crippen LogP contribution in [0.4, 0.5) is 0 Å². The molecule has 2 heterocycles. The van der Waals surface area contributed by atoms with E-state index in [4.69, 9.17) is 22.4 Å². The minimum absolute atomic E-state index is 0. The molecule has 2 aromatic heterocycles. The normalized spacial score (nSPS) is 12.1. The van der Waals surface area contributed by atoms with Crippen molar-refractivity contribution in [1.29, 1.82) is 0 Å². The van der Waals surface area contributed by atoms with Gasteiger partial charge in [-0.2, -0.15) is 0 Å². The molecule has 0 bridgehead atoms. The average molecular weight is 276 g/mol. The van der Waals surface area contributed by atoms with Crippen LogP contribution in [-0.4, -0.2) is 26.7 Å². The Balaban J connectivity index is 0.00000144. The zero-order valence-corrected chi connectivity index (χ0v) is 10.3. The minimum atomic E-state index is -1.05. The molecule has 92 valence electrons. The van der Waals surface area contributed by atoms with Gasteiger partial charge in [-0.3, -0.25) is 4.79 Å². The summed E-state index contributed by atoms with van der Waals surface area (Å²) in [5.41, 5.74) is 6.10. The van der Waals surface area contributed by atoms with Crippen molar-refractivity contribution in [3.8, 4) is 0 Å². The number of carboxylic acids is 1. The maximum atomic E-state index is 10.7. The lowest BCUT2D eigenvalue weighted by atomic mass is 10.3. The third-order valence-electron chi connectivity index (χ3n) is 2.30. The van der Waals surface area contributed by atoms with Crippen LogP contribution >= 0.6 is 24.0 Å². The molecular formula is C10H11Cl2N3O2. The minimum Gasteiger partial charge on any atom is -0.480 e. The van der Waals surface area contributed by atoms with Gasteiger partial charge in [0.1, 0.15) is 11.7 Å². The van der Waals surface area contributed by atoms with Crippen molar-refractivity contribution in [3.63, 3.8) is 0 Å². The predicted octanol–water partition coefficient (Wildman–Crippen LogP) is 1.52. The van der Waals surface area contributed by atoms with Crippen molar-refractivity contribution in [1.82, 2.24) is 9.55 Å². The lowest BCUT2D eigenvalue weighted by molar-refractivity contribution is -0.138. The van der Waals surface area contributed by atoms with Crippen molar-refractivity contribution in [2.75, 3.05) is 0 Å². The van der Waals surface area contributed by atoms with E-state index in [2.05, 4.69) is 4.98 Å². The quantitative estimate of drug-likeness (QED) is 0.890. The number of aliphatic carboxylic acids is 1. The fourth-order valence-corrected chi connectivity index (χ4v) is 1.77. The van der Waals surface area contributed by atoms with Gasteiger partial charge in [0.15, 0.2) is 0 Å². The number of fused-ring (bicyclic) bond motifs is 1. The second-order valence-corrected chi connectivity index (χ2v) is 3.86. The summed E-state index contributed by atoms with van der Waals surface area (Å²) in [7, 11) is 0. The molecule has 5 nitrogen and oxygen atoms in total. The summed E-state index contributed by atoms with van der Waals surface area (Å²) in [5, 5.41) is 10.1. The molecule has 0 fully saturated rings. The van der Waals surface area contributed by atoms with E-state index < -0.39 is 12.0 Å². The highest BCUT2D eigenvalue weighted by Crippen LogP contribution is 2.23. The maximum absolute atomic E-state index is 10.7. The first-order valence-electron chi connectivity index (χ1n) is 4.67. The summed E-state index contributed by atoms with van der Waals surface area (Å²) < 4.78 is 1.65. The van der Waals surface area contributed by atoms with Crippen molar-refractivity contribution in [2.24, 2.45) is 5.73 Å². The van der Waals surface area contributed by atoms with E-state index >= 15 is 0 Å². The maximum Gasteiger partial charge on any atom is 0.322 e. The Hall–Kier alpha value is -1.30. The van der Waals surface area contributed by atoms with Gasteiger partial charge in [0, 0.05) is 17.8 Å². The second kappa shape index (κ2) is 5.35. The molecule has 17 heavy (non-hydrogen) atoms. The SMILES string of the molecule is Cl.NC(Cn1cc(Cl)c2cccnc21)C(=O)O. The van der Waals surface area contributed by atoms with Crippen LogP contribution in [0.25, 0.3) is 11.0 Å². The number of halogens is 2. The summed E-state index contributed by atoms with van der Waals surface area (Å²) in [5.74, 6) is -1.05. The summed E-state index contributed by atoms with van der Waals surface area (Å²) in [6.07, 6.45) is 3.27. The molecule has 1 atom stereocenters. The van der Waals surface area contributed by atoms with E-state index in [0.717, 1.165) is 5.39 Å². The van der Waals surface area contributed by atoms with Gasteiger partial charge in [0.25, 0.3) is 0 Å². The Labute approximate surface area is 109 Å². The van der Waals surface area contributed by atoms with Crippen molar-refractivity contribution >= 4 is 41.0 Å². The van der Waals surface area contributed by atoms with Crippen LogP contribution in [0.15, 0.2) is 24.5 Å². The zero-order chi connectivity index (χ0) is 11.7. The first-order chi connectivity index (χ1) is 7.59. The first kappa shape index (κ1) is 13.8. The van der Waals surface area contributed by atoms with E-state index in [-0.39, 0.29) is 19.0 Å². The standard InChI is InChI=1S/C10H10ClN3O2.ClH/c11-7-4-14(5-8(12)10(15)16)9-6(7)2-1-3-13-9;/h1-4,8H,5,12H2,(H,15,16);1H. The third kappa shape index (κ3) is 2.69. The van der Waals surface area contributed by atoms with E-state index in [1.54, 1.807) is 23.0 Å². The smallest absolute Gasteiger partial charge is 0.322 e. The Morgan fingerprint density at radius 1 is 1.65 bits per heavy atom. The van der Waals surface area contributed by atoms with Crippen LogP contribution in [0.3, 0.4) is 0 Å². The van der Waals surface area contributed by atoms with Crippen molar-refractivity contribution in [2.45, 2.75) is 12.6 Å². The van der Waals surface area contributed by atoms with Gasteiger partial charge >= 0.3 is 5.97 Å². The second-order valence-electron chi connectivity index (χ2n) is 3.45. The highest BCUT2D eigenvalue weighted by atomic mass is 35.5. The molecule has 2 aromatic rings. The largest absolute Gasteiger partial charge is 0.480 e. The summed E-state index contributed by atoms with van der Waals surface area (Å²) in [4.78, 5) is 14.8. The molecule has 0 aliphatic carbocycles. The average Bonchev–Trinajstić information content (AvgIpc) is 2.57. The number of carboxylic acid groups (broad SMARTS) is 1. The van der Waals surface area contributed by atoms with Gasteiger partial charge in [-0.25, -0.2) is 4.98 Å². The Kier molecular flexibility index (Phi) is 4.34. The van der Waals surface area contributed by atoms with Crippen LogP contribution in [0.2, 0.25) is 5.02 Å². The third-order valence-corrected chi connectivity index (χ3v) is 2.60. The Morgan fingerprint density at radius 2 is 2.35 bits per heavy atom. The van der Waals surface area contributed by atoms with E-state index in [0.29, 0.717) is 10.7 Å². The fourth-order valence-electron chi connectivity index (χ4n) is 1.51. The summed E-state index contributed by atoms with van der Waals surface area (Å²) >= 11 is 5.99. The monoisotopic (exact) mass is 275 g/mol. The Bertz CT molecular complexity index is 541. The van der Waals surface area contributed by atoms with Crippen LogP contribution < -0.4 is 5.73 Å². The molecule has 0 amide bonds. The van der Waals surface area contributed by atoms with E-state index in [1.165, 1.54) is 0 Å². The highest BCUT2D eigenvalue weighted by molar-refractivity contribution is 6.35. The van der Waals surface area contributed by atoms with Gasteiger partial charge in [-0.05, 0) is 12.1 Å². The molecule has 0 aliphatic rings. The van der Waals surface area contributed by atoms with Crippen molar-refractivity contribution in [3.05, 3.63) is 29.5 Å². The van der Waals surface area contributed by atoms with E-state index in [9.17, 15) is 4.79 Å². The molecule has 0 radical (unpaired) electrons. The number of nitrogens with two attached hydrogens (primary N) is 1. The highest BCUT2D eigenvalue weighted by Gasteiger charge is 2.15. The summed E-state index contributed by atoms with van der Waals surface area (Å²) in [6.45, 7) is 0.148. The molecule has 1 unspecified atom stereocenters. The number of hydrogen-bond donors (Lipinski definition) is 2. The number of aromatic nitrogens is 2. The van der Waals surface area contributed by atoms with Gasteiger partial charge in [0.05, 0.1) is 11.6 Å². The molecular weight excluding hydrogens is 265 g/mol. The number of carbonyl (C=O) groups is 1. The molecule has 0 spiro atoms. The van der Waals surface area contributed by atoms with Gasteiger partial charge in [0.2, 0.25) is 0 Å². The fraction of sp³-hybridized carbons (Fsp3) is 0.200. The number of nitrogens with zero attached hydrogens (tertiary/aromatic N) is 2. The van der Waals surface area contributed by atoms with Gasteiger partial charge in [-0.15, -0.1) is 12.4 Å². The summed E-state index contributed by atoms with van der Waals surface area (Å²) in [6, 6.07) is 2.64. The number of hydrogen-bond acceptors (Lipinski definition) is 3. The topological polar surface area (TPSA) is 81.1 Å². The lowest BCUT2D eigenvalue weighted by Crippen LogP contribution is -2.34. The van der Waals surface area contributed by atoms with Gasteiger partial charge in [-0.1, -0.05) is 11.6 Å². The van der Waals surface area contributed by atoms with Crippen LogP contribution in [0, 0.1) is 0 Å². The van der Waals surface area contributed by atoms with Crippen molar-refractivity contribution < 1.29 is 9.90 Å². The molecule has 2 rings (SSSR count). The molecule has 0 saturated heterocycles. The zero-order valence-electron chi connectivity index (χ0n) is 8.71. The number of rotatable bonds is 3. The molecule has 7 heteroatoms. The molecule has 3 N–H and O–H groups in total. The number of pyridine rings is 1. The molecule has 0 aliphatic heterocycles.